The molecule has 0 aliphatic rings. The number of benzene rings is 3. The van der Waals surface area contributed by atoms with Gasteiger partial charge in [0.1, 0.15) is 5.75 Å². The molecule has 2 N–H and O–H groups in total. The Morgan fingerprint density at radius 1 is 1.04 bits per heavy atom. The Morgan fingerprint density at radius 3 is 2.64 bits per heavy atom. The molecule has 0 aliphatic heterocycles. The molecule has 0 saturated heterocycles. The van der Waals surface area contributed by atoms with E-state index in [0.717, 1.165) is 16.3 Å². The summed E-state index contributed by atoms with van der Waals surface area (Å²) in [7, 11) is 0. The van der Waals surface area contributed by atoms with Crippen LogP contribution in [0.3, 0.4) is 0 Å². The van der Waals surface area contributed by atoms with Gasteiger partial charge >= 0.3 is 0 Å². The van der Waals surface area contributed by atoms with Gasteiger partial charge in [-0.1, -0.05) is 54.1 Å². The molecule has 5 nitrogen and oxygen atoms in total. The van der Waals surface area contributed by atoms with Crippen molar-refractivity contribution in [2.24, 2.45) is 0 Å². The zero-order valence-electron chi connectivity index (χ0n) is 14.6. The summed E-state index contributed by atoms with van der Waals surface area (Å²) in [5, 5.41) is 2.68. The Labute approximate surface area is 175 Å². The van der Waals surface area contributed by atoms with Crippen LogP contribution in [-0.2, 0) is 9.59 Å². The van der Waals surface area contributed by atoms with Gasteiger partial charge in [-0.15, -0.1) is 0 Å². The lowest BCUT2D eigenvalue weighted by atomic mass is 10.0. The van der Waals surface area contributed by atoms with Crippen molar-refractivity contribution in [1.82, 2.24) is 10.9 Å². The molecule has 142 valence electrons. The number of carbonyl (C=O) groups excluding carboxylic acids is 2. The fourth-order valence-electron chi connectivity index (χ4n) is 2.51. The summed E-state index contributed by atoms with van der Waals surface area (Å²) in [6.45, 7) is -0.256. The fraction of sp³-hybridized carbons (Fsp3) is 0.0476. The van der Waals surface area contributed by atoms with E-state index in [1.807, 2.05) is 42.5 Å². The number of hydrogen-bond acceptors (Lipinski definition) is 3. The topological polar surface area (TPSA) is 67.4 Å². The Balaban J connectivity index is 1.51. The molecule has 0 saturated carbocycles. The maximum Gasteiger partial charge on any atom is 0.276 e. The van der Waals surface area contributed by atoms with E-state index < -0.39 is 11.8 Å². The summed E-state index contributed by atoms with van der Waals surface area (Å²) in [5.41, 5.74) is 5.54. The molecular weight excluding hydrogens is 444 g/mol. The van der Waals surface area contributed by atoms with Crippen LogP contribution in [0.15, 0.2) is 71.2 Å². The summed E-state index contributed by atoms with van der Waals surface area (Å²) in [6.07, 6.45) is 3.06. The highest BCUT2D eigenvalue weighted by Crippen LogP contribution is 2.27. The van der Waals surface area contributed by atoms with Gasteiger partial charge in [0, 0.05) is 11.1 Å². The van der Waals surface area contributed by atoms with E-state index >= 15 is 0 Å². The Kier molecular flexibility index (Phi) is 6.68. The van der Waals surface area contributed by atoms with Gasteiger partial charge in [-0.3, -0.25) is 20.4 Å². The number of amides is 2. The van der Waals surface area contributed by atoms with Crippen LogP contribution in [0, 0.1) is 0 Å². The molecule has 0 radical (unpaired) electrons. The van der Waals surface area contributed by atoms with Crippen molar-refractivity contribution in [3.63, 3.8) is 0 Å². The molecule has 28 heavy (non-hydrogen) atoms. The lowest BCUT2D eigenvalue weighted by Crippen LogP contribution is -2.43. The van der Waals surface area contributed by atoms with E-state index in [1.54, 1.807) is 24.3 Å². The van der Waals surface area contributed by atoms with Crippen LogP contribution in [-0.4, -0.2) is 18.4 Å². The van der Waals surface area contributed by atoms with Gasteiger partial charge in [-0.2, -0.15) is 0 Å². The predicted octanol–water partition coefficient (Wildman–Crippen LogP) is 4.50. The van der Waals surface area contributed by atoms with E-state index in [-0.39, 0.29) is 6.61 Å². The first kappa shape index (κ1) is 19.9. The summed E-state index contributed by atoms with van der Waals surface area (Å²) in [5.74, 6) is -0.468. The average Bonchev–Trinajstić information content (AvgIpc) is 2.70. The van der Waals surface area contributed by atoms with Gasteiger partial charge in [0.05, 0.1) is 4.47 Å². The lowest BCUT2D eigenvalue weighted by Gasteiger charge is -2.09. The van der Waals surface area contributed by atoms with Crippen molar-refractivity contribution < 1.29 is 14.3 Å². The first-order chi connectivity index (χ1) is 13.5. The van der Waals surface area contributed by atoms with Crippen LogP contribution in [0.5, 0.6) is 5.75 Å². The summed E-state index contributed by atoms with van der Waals surface area (Å²) in [4.78, 5) is 23.8. The quantitative estimate of drug-likeness (QED) is 0.436. The maximum absolute atomic E-state index is 11.9. The number of nitrogens with one attached hydrogen (secondary N) is 2. The normalized spacial score (nSPS) is 10.8. The first-order valence-electron chi connectivity index (χ1n) is 8.35. The van der Waals surface area contributed by atoms with Crippen molar-refractivity contribution in [3.8, 4) is 5.75 Å². The zero-order chi connectivity index (χ0) is 19.9. The van der Waals surface area contributed by atoms with Gasteiger partial charge in [0.2, 0.25) is 0 Å². The monoisotopic (exact) mass is 458 g/mol. The Bertz CT molecular complexity index is 1050. The second-order valence-electron chi connectivity index (χ2n) is 5.80. The third kappa shape index (κ3) is 5.34. The number of rotatable bonds is 5. The Morgan fingerprint density at radius 2 is 1.82 bits per heavy atom. The highest BCUT2D eigenvalue weighted by Gasteiger charge is 2.07. The largest absolute Gasteiger partial charge is 0.483 e. The molecule has 0 aliphatic carbocycles. The summed E-state index contributed by atoms with van der Waals surface area (Å²) in [6, 6.07) is 18.7. The van der Waals surface area contributed by atoms with Crippen LogP contribution in [0.2, 0.25) is 5.02 Å². The minimum atomic E-state index is -0.492. The van der Waals surface area contributed by atoms with E-state index in [9.17, 15) is 9.59 Å². The molecule has 7 heteroatoms. The van der Waals surface area contributed by atoms with Crippen LogP contribution in [0.25, 0.3) is 16.8 Å². The number of fused-ring (bicyclic) bond motifs is 1. The van der Waals surface area contributed by atoms with Gasteiger partial charge in [0.15, 0.2) is 6.61 Å². The van der Waals surface area contributed by atoms with Crippen molar-refractivity contribution in [1.29, 1.82) is 0 Å². The molecule has 0 unspecified atom stereocenters. The molecule has 3 rings (SSSR count). The molecule has 0 heterocycles. The maximum atomic E-state index is 11.9. The second-order valence-corrected chi connectivity index (χ2v) is 7.09. The minimum absolute atomic E-state index is 0.256. The molecule has 0 fully saturated rings. The molecule has 3 aromatic rings. The van der Waals surface area contributed by atoms with Crippen LogP contribution < -0.4 is 15.6 Å². The zero-order valence-corrected chi connectivity index (χ0v) is 17.0. The summed E-state index contributed by atoms with van der Waals surface area (Å²) >= 11 is 9.15. The molecule has 0 atom stereocenters. The van der Waals surface area contributed by atoms with Crippen LogP contribution in [0.1, 0.15) is 5.56 Å². The summed E-state index contributed by atoms with van der Waals surface area (Å²) < 4.78 is 6.01. The third-order valence-electron chi connectivity index (χ3n) is 3.82. The molecule has 2 amide bonds. The van der Waals surface area contributed by atoms with Gasteiger partial charge in [0.25, 0.3) is 11.8 Å². The highest BCUT2D eigenvalue weighted by atomic mass is 79.9. The van der Waals surface area contributed by atoms with Crippen molar-refractivity contribution >= 4 is 56.2 Å². The van der Waals surface area contributed by atoms with E-state index in [0.29, 0.717) is 15.2 Å². The molecule has 0 bridgehead atoms. The van der Waals surface area contributed by atoms with Crippen LogP contribution >= 0.6 is 27.5 Å². The molecular formula is C21H16BrClN2O3. The fourth-order valence-corrected chi connectivity index (χ4v) is 3.30. The lowest BCUT2D eigenvalue weighted by molar-refractivity contribution is -0.128. The SMILES string of the molecule is O=C(C=Cc1cccc2ccccc12)NNC(=O)COc1ccc(Cl)cc1Br. The minimum Gasteiger partial charge on any atom is -0.483 e. The van der Waals surface area contributed by atoms with Gasteiger partial charge in [-0.05, 0) is 56.5 Å². The number of ether oxygens (including phenoxy) is 1. The van der Waals surface area contributed by atoms with Gasteiger partial charge in [-0.25, -0.2) is 0 Å². The molecule has 3 aromatic carbocycles. The van der Waals surface area contributed by atoms with Crippen LogP contribution in [0.4, 0.5) is 0 Å². The number of hydrazine groups is 1. The molecule has 0 aromatic heterocycles. The standard InChI is InChI=1S/C21H16BrClN2O3/c22-18-12-16(23)9-10-19(18)28-13-21(27)25-24-20(26)11-8-15-6-3-5-14-4-1-2-7-17(14)15/h1-12H,13H2,(H,24,26)(H,25,27). The first-order valence-corrected chi connectivity index (χ1v) is 9.52. The number of hydrogen-bond donors (Lipinski definition) is 2. The third-order valence-corrected chi connectivity index (χ3v) is 4.67. The van der Waals surface area contributed by atoms with Crippen molar-refractivity contribution in [3.05, 3.63) is 81.8 Å². The van der Waals surface area contributed by atoms with E-state index in [4.69, 9.17) is 16.3 Å². The van der Waals surface area contributed by atoms with E-state index in [2.05, 4.69) is 26.8 Å². The average molecular weight is 460 g/mol. The van der Waals surface area contributed by atoms with E-state index in [1.165, 1.54) is 6.08 Å². The highest BCUT2D eigenvalue weighted by molar-refractivity contribution is 9.10. The van der Waals surface area contributed by atoms with Crippen molar-refractivity contribution in [2.45, 2.75) is 0 Å². The second kappa shape index (κ2) is 9.39. The number of carbonyl (C=O) groups is 2. The number of halogens is 2. The smallest absolute Gasteiger partial charge is 0.276 e. The molecule has 0 spiro atoms. The van der Waals surface area contributed by atoms with Gasteiger partial charge < -0.3 is 4.74 Å². The van der Waals surface area contributed by atoms with Crippen molar-refractivity contribution in [2.75, 3.05) is 6.61 Å². The Hall–Kier alpha value is -2.83. The predicted molar refractivity (Wildman–Crippen MR) is 114 cm³/mol.